The van der Waals surface area contributed by atoms with Gasteiger partial charge >= 0.3 is 0 Å². The summed E-state index contributed by atoms with van der Waals surface area (Å²) >= 11 is 0. The molecule has 1 saturated carbocycles. The number of hydrogen-bond donors (Lipinski definition) is 3. The highest BCUT2D eigenvalue weighted by Gasteiger charge is 2.39. The summed E-state index contributed by atoms with van der Waals surface area (Å²) in [6.07, 6.45) is 5.77. The van der Waals surface area contributed by atoms with Crippen LogP contribution in [0.1, 0.15) is 53.6 Å². The standard InChI is InChI=1S/C27H28N4O4/c32-25-9-8-23(26(33)30-25)31-15-18-13-19(5-6-20(18)27(31)34)35-24-3-1-2-22(24)29-14-16-4-7-21-17(12-16)10-11-28-21/h4-7,10-13,22-24,28-29H,1-3,8-9,14-15H2,(H,30,32,33)/t22-,23?,24-/m1/s1. The molecule has 8 heteroatoms. The summed E-state index contributed by atoms with van der Waals surface area (Å²) < 4.78 is 6.39. The van der Waals surface area contributed by atoms with Gasteiger partial charge in [-0.25, -0.2) is 0 Å². The Morgan fingerprint density at radius 1 is 1.03 bits per heavy atom. The summed E-state index contributed by atoms with van der Waals surface area (Å²) in [5, 5.41) is 7.23. The highest BCUT2D eigenvalue weighted by Crippen LogP contribution is 2.32. The third-order valence-corrected chi connectivity index (χ3v) is 7.42. The second-order valence-electron chi connectivity index (χ2n) is 9.69. The first-order valence-corrected chi connectivity index (χ1v) is 12.3. The number of carbonyl (C=O) groups is 3. The highest BCUT2D eigenvalue weighted by molar-refractivity contribution is 6.05. The van der Waals surface area contributed by atoms with Gasteiger partial charge < -0.3 is 19.9 Å². The molecule has 1 unspecified atom stereocenters. The first kappa shape index (κ1) is 21.9. The monoisotopic (exact) mass is 472 g/mol. The number of fused-ring (bicyclic) bond motifs is 2. The van der Waals surface area contributed by atoms with Gasteiger partial charge in [0.1, 0.15) is 17.9 Å². The van der Waals surface area contributed by atoms with Crippen molar-refractivity contribution >= 4 is 28.6 Å². The Kier molecular flexibility index (Phi) is 5.53. The van der Waals surface area contributed by atoms with Crippen LogP contribution < -0.4 is 15.4 Å². The first-order valence-electron chi connectivity index (χ1n) is 12.3. The minimum absolute atomic E-state index is 0.0624. The SMILES string of the molecule is O=C1CCC(N2Cc3cc(O[C@@H]4CCC[C@H]4NCc4ccc5[nH]ccc5c4)ccc3C2=O)C(=O)N1. The first-order chi connectivity index (χ1) is 17.0. The number of aromatic amines is 1. The summed E-state index contributed by atoms with van der Waals surface area (Å²) in [6, 6.07) is 13.8. The van der Waals surface area contributed by atoms with Crippen molar-refractivity contribution in [2.45, 2.75) is 63.4 Å². The molecule has 8 nitrogen and oxygen atoms in total. The molecule has 0 radical (unpaired) electrons. The fourth-order valence-electron chi connectivity index (χ4n) is 5.56. The molecule has 0 bridgehead atoms. The minimum Gasteiger partial charge on any atom is -0.489 e. The lowest BCUT2D eigenvalue weighted by atomic mass is 10.0. The van der Waals surface area contributed by atoms with E-state index >= 15 is 0 Å². The number of ether oxygens (including phenoxy) is 1. The molecule has 2 aromatic carbocycles. The normalized spacial score (nSPS) is 24.2. The van der Waals surface area contributed by atoms with Gasteiger partial charge in [0, 0.05) is 42.8 Å². The Morgan fingerprint density at radius 3 is 2.83 bits per heavy atom. The number of aromatic nitrogens is 1. The number of benzene rings is 2. The van der Waals surface area contributed by atoms with E-state index in [0.29, 0.717) is 18.5 Å². The maximum Gasteiger partial charge on any atom is 0.255 e. The molecule has 1 aromatic heterocycles. The van der Waals surface area contributed by atoms with Gasteiger partial charge in [-0.2, -0.15) is 0 Å². The summed E-state index contributed by atoms with van der Waals surface area (Å²) in [5.74, 6) is -0.0970. The largest absolute Gasteiger partial charge is 0.489 e. The van der Waals surface area contributed by atoms with Crippen molar-refractivity contribution in [2.24, 2.45) is 0 Å². The summed E-state index contributed by atoms with van der Waals surface area (Å²) in [5.41, 5.74) is 3.84. The van der Waals surface area contributed by atoms with Crippen molar-refractivity contribution in [3.63, 3.8) is 0 Å². The maximum absolute atomic E-state index is 12.9. The molecule has 35 heavy (non-hydrogen) atoms. The number of piperidine rings is 1. The van der Waals surface area contributed by atoms with Gasteiger partial charge in [0.25, 0.3) is 5.91 Å². The molecule has 6 rings (SSSR count). The number of amides is 3. The average Bonchev–Trinajstić information content (AvgIpc) is 3.57. The van der Waals surface area contributed by atoms with Crippen molar-refractivity contribution in [3.8, 4) is 5.75 Å². The van der Waals surface area contributed by atoms with Crippen LogP contribution in [-0.4, -0.2) is 45.8 Å². The Morgan fingerprint density at radius 2 is 1.94 bits per heavy atom. The van der Waals surface area contributed by atoms with Crippen molar-refractivity contribution in [2.75, 3.05) is 0 Å². The zero-order valence-corrected chi connectivity index (χ0v) is 19.4. The van der Waals surface area contributed by atoms with E-state index in [9.17, 15) is 14.4 Å². The number of imide groups is 1. The van der Waals surface area contributed by atoms with Gasteiger partial charge in [-0.1, -0.05) is 6.07 Å². The third-order valence-electron chi connectivity index (χ3n) is 7.42. The number of rotatable bonds is 6. The van der Waals surface area contributed by atoms with Crippen LogP contribution in [0.2, 0.25) is 0 Å². The number of carbonyl (C=O) groups excluding carboxylic acids is 3. The van der Waals surface area contributed by atoms with Crippen molar-refractivity contribution in [3.05, 3.63) is 65.4 Å². The highest BCUT2D eigenvalue weighted by atomic mass is 16.5. The summed E-state index contributed by atoms with van der Waals surface area (Å²) in [7, 11) is 0. The van der Waals surface area contributed by atoms with Crippen LogP contribution in [0.15, 0.2) is 48.7 Å². The van der Waals surface area contributed by atoms with E-state index in [4.69, 9.17) is 4.74 Å². The third kappa shape index (κ3) is 4.18. The zero-order chi connectivity index (χ0) is 23.9. The van der Waals surface area contributed by atoms with Crippen LogP contribution >= 0.6 is 0 Å². The lowest BCUT2D eigenvalue weighted by Crippen LogP contribution is -2.52. The van der Waals surface area contributed by atoms with Crippen LogP contribution in [0.4, 0.5) is 0 Å². The van der Waals surface area contributed by atoms with E-state index < -0.39 is 11.9 Å². The number of H-pyrrole nitrogens is 1. The molecular weight excluding hydrogens is 444 g/mol. The van der Waals surface area contributed by atoms with Crippen LogP contribution in [0.25, 0.3) is 10.9 Å². The fraction of sp³-hybridized carbons (Fsp3) is 0.370. The van der Waals surface area contributed by atoms with Gasteiger partial charge in [-0.05, 0) is 78.6 Å². The molecule has 3 heterocycles. The average molecular weight is 473 g/mol. The van der Waals surface area contributed by atoms with Crippen LogP contribution in [0.3, 0.4) is 0 Å². The molecule has 2 fully saturated rings. The molecule has 3 amide bonds. The van der Waals surface area contributed by atoms with Crippen LogP contribution in [0, 0.1) is 0 Å². The molecule has 2 aliphatic heterocycles. The van der Waals surface area contributed by atoms with E-state index in [-0.39, 0.29) is 30.4 Å². The Bertz CT molecular complexity index is 1320. The van der Waals surface area contributed by atoms with Crippen LogP contribution in [0.5, 0.6) is 5.75 Å². The Labute approximate surface area is 203 Å². The molecule has 0 spiro atoms. The molecule has 3 atom stereocenters. The van der Waals surface area contributed by atoms with E-state index in [2.05, 4.69) is 39.9 Å². The Hall–Kier alpha value is -3.65. The smallest absolute Gasteiger partial charge is 0.255 e. The topological polar surface area (TPSA) is 104 Å². The van der Waals surface area contributed by atoms with Crippen molar-refractivity contribution < 1.29 is 19.1 Å². The van der Waals surface area contributed by atoms with E-state index in [1.807, 2.05) is 18.3 Å². The number of hydrogen-bond acceptors (Lipinski definition) is 5. The maximum atomic E-state index is 12.9. The van der Waals surface area contributed by atoms with Gasteiger partial charge in [-0.15, -0.1) is 0 Å². The zero-order valence-electron chi connectivity index (χ0n) is 19.4. The summed E-state index contributed by atoms with van der Waals surface area (Å²) in [6.45, 7) is 1.14. The molecule has 180 valence electrons. The molecule has 3 N–H and O–H groups in total. The second-order valence-corrected chi connectivity index (χ2v) is 9.69. The van der Waals surface area contributed by atoms with E-state index in [1.165, 1.54) is 10.9 Å². The molecular formula is C27H28N4O4. The molecule has 3 aliphatic rings. The predicted octanol–water partition coefficient (Wildman–Crippen LogP) is 3.02. The molecule has 1 saturated heterocycles. The number of nitrogens with one attached hydrogen (secondary N) is 3. The fourth-order valence-corrected chi connectivity index (χ4v) is 5.56. The lowest BCUT2D eigenvalue weighted by Gasteiger charge is -2.29. The molecule has 3 aromatic rings. The Balaban J connectivity index is 1.10. The quantitative estimate of drug-likeness (QED) is 0.479. The number of nitrogens with zero attached hydrogens (tertiary/aromatic N) is 1. The van der Waals surface area contributed by atoms with Gasteiger partial charge in [-0.3, -0.25) is 19.7 Å². The van der Waals surface area contributed by atoms with Crippen LogP contribution in [-0.2, 0) is 22.7 Å². The van der Waals surface area contributed by atoms with Gasteiger partial charge in [0.2, 0.25) is 11.8 Å². The van der Waals surface area contributed by atoms with Crippen molar-refractivity contribution in [1.82, 2.24) is 20.5 Å². The van der Waals surface area contributed by atoms with Crippen molar-refractivity contribution in [1.29, 1.82) is 0 Å². The van der Waals surface area contributed by atoms with E-state index in [0.717, 1.165) is 42.6 Å². The van der Waals surface area contributed by atoms with E-state index in [1.54, 1.807) is 11.0 Å². The predicted molar refractivity (Wildman–Crippen MR) is 130 cm³/mol. The summed E-state index contributed by atoms with van der Waals surface area (Å²) in [4.78, 5) is 41.5. The lowest BCUT2D eigenvalue weighted by molar-refractivity contribution is -0.136. The van der Waals surface area contributed by atoms with Gasteiger partial charge in [0.05, 0.1) is 0 Å². The molecule has 1 aliphatic carbocycles. The minimum atomic E-state index is -0.606. The van der Waals surface area contributed by atoms with Gasteiger partial charge in [0.15, 0.2) is 0 Å². The second kappa shape index (κ2) is 8.85.